The van der Waals surface area contributed by atoms with E-state index in [1.807, 2.05) is 0 Å². The molecule has 0 spiro atoms. The molecular weight excluding hydrogens is 254 g/mol. The highest BCUT2D eigenvalue weighted by Crippen LogP contribution is 2.26. The number of benzene rings is 1. The normalized spacial score (nSPS) is 18.4. The van der Waals surface area contributed by atoms with Gasteiger partial charge in [-0.2, -0.15) is 5.26 Å². The Morgan fingerprint density at radius 2 is 2.00 bits per heavy atom. The minimum absolute atomic E-state index is 0.200. The third-order valence-corrected chi connectivity index (χ3v) is 3.90. The van der Waals surface area contributed by atoms with Crippen LogP contribution >= 0.6 is 0 Å². The Bertz CT molecular complexity index is 499. The molecule has 5 nitrogen and oxygen atoms in total. The zero-order valence-corrected chi connectivity index (χ0v) is 11.3. The van der Waals surface area contributed by atoms with Crippen LogP contribution in [0.2, 0.25) is 0 Å². The van der Waals surface area contributed by atoms with E-state index in [0.29, 0.717) is 11.5 Å². The molecule has 0 aliphatic carbocycles. The van der Waals surface area contributed by atoms with Crippen molar-refractivity contribution in [2.75, 3.05) is 19.7 Å². The molecule has 1 aromatic carbocycles. The van der Waals surface area contributed by atoms with Crippen LogP contribution in [0.15, 0.2) is 24.3 Å². The summed E-state index contributed by atoms with van der Waals surface area (Å²) in [4.78, 5) is 13.8. The van der Waals surface area contributed by atoms with Crippen molar-refractivity contribution in [1.29, 1.82) is 5.26 Å². The summed E-state index contributed by atoms with van der Waals surface area (Å²) in [6.07, 6.45) is 1.74. The highest BCUT2D eigenvalue weighted by molar-refractivity contribution is 5.81. The van der Waals surface area contributed by atoms with Crippen LogP contribution in [0.1, 0.15) is 30.0 Å². The first kappa shape index (κ1) is 14.5. The molecule has 1 amide bonds. The van der Waals surface area contributed by atoms with Gasteiger partial charge in [-0.25, -0.2) is 0 Å². The molecule has 1 unspecified atom stereocenters. The van der Waals surface area contributed by atoms with Crippen molar-refractivity contribution in [3.63, 3.8) is 0 Å². The fraction of sp³-hybridized carbons (Fsp3) is 0.467. The smallest absolute Gasteiger partial charge is 0.239 e. The third-order valence-electron chi connectivity index (χ3n) is 3.90. The van der Waals surface area contributed by atoms with Crippen LogP contribution in [0.3, 0.4) is 0 Å². The number of likely N-dealkylation sites (tertiary alicyclic amines) is 1. The fourth-order valence-electron chi connectivity index (χ4n) is 2.69. The summed E-state index contributed by atoms with van der Waals surface area (Å²) in [5.74, 6) is -0.0575. The summed E-state index contributed by atoms with van der Waals surface area (Å²) in [6, 6.07) is 8.57. The van der Waals surface area contributed by atoms with Gasteiger partial charge in [-0.05, 0) is 49.5 Å². The van der Waals surface area contributed by atoms with E-state index >= 15 is 0 Å². The summed E-state index contributed by atoms with van der Waals surface area (Å²) >= 11 is 0. The van der Waals surface area contributed by atoms with Gasteiger partial charge >= 0.3 is 0 Å². The number of hydrogen-bond acceptors (Lipinski definition) is 4. The fourth-order valence-corrected chi connectivity index (χ4v) is 2.69. The zero-order chi connectivity index (χ0) is 14.5. The van der Waals surface area contributed by atoms with Crippen LogP contribution in [0.5, 0.6) is 0 Å². The number of primary amides is 1. The first-order valence-electron chi connectivity index (χ1n) is 6.80. The second-order valence-electron chi connectivity index (χ2n) is 5.20. The maximum Gasteiger partial charge on any atom is 0.239 e. The average molecular weight is 273 g/mol. The summed E-state index contributed by atoms with van der Waals surface area (Å²) in [5, 5.41) is 18.0. The lowest BCUT2D eigenvalue weighted by Gasteiger charge is -2.35. The molecule has 5 heteroatoms. The zero-order valence-electron chi connectivity index (χ0n) is 11.3. The van der Waals surface area contributed by atoms with Crippen LogP contribution < -0.4 is 5.73 Å². The van der Waals surface area contributed by atoms with Crippen molar-refractivity contribution in [2.24, 2.45) is 11.7 Å². The molecule has 3 N–H and O–H groups in total. The molecule has 0 radical (unpaired) electrons. The van der Waals surface area contributed by atoms with Gasteiger partial charge in [-0.15, -0.1) is 0 Å². The van der Waals surface area contributed by atoms with Gasteiger partial charge in [0.15, 0.2) is 0 Å². The Morgan fingerprint density at radius 1 is 1.40 bits per heavy atom. The van der Waals surface area contributed by atoms with E-state index in [9.17, 15) is 4.79 Å². The molecule has 106 valence electrons. The number of nitrogens with zero attached hydrogens (tertiary/aromatic N) is 2. The molecule has 2 rings (SSSR count). The van der Waals surface area contributed by atoms with Crippen LogP contribution in [0.4, 0.5) is 0 Å². The minimum Gasteiger partial charge on any atom is -0.396 e. The van der Waals surface area contributed by atoms with Crippen LogP contribution in [-0.2, 0) is 4.79 Å². The largest absolute Gasteiger partial charge is 0.396 e. The number of nitrogens with two attached hydrogens (primary N) is 1. The molecule has 0 bridgehead atoms. The Labute approximate surface area is 118 Å². The molecule has 0 saturated carbocycles. The Kier molecular flexibility index (Phi) is 4.72. The average Bonchev–Trinajstić information content (AvgIpc) is 2.48. The van der Waals surface area contributed by atoms with Crippen molar-refractivity contribution >= 4 is 5.91 Å². The number of rotatable bonds is 4. The number of aliphatic hydroxyl groups excluding tert-OH is 1. The quantitative estimate of drug-likeness (QED) is 0.848. The Hall–Kier alpha value is -1.90. The van der Waals surface area contributed by atoms with E-state index in [4.69, 9.17) is 16.1 Å². The van der Waals surface area contributed by atoms with E-state index in [0.717, 1.165) is 31.5 Å². The van der Waals surface area contributed by atoms with E-state index in [1.165, 1.54) is 0 Å². The number of piperidine rings is 1. The number of aliphatic hydroxyl groups is 1. The van der Waals surface area contributed by atoms with Gasteiger partial charge in [0.25, 0.3) is 0 Å². The number of carbonyl (C=O) groups excluding carboxylic acids is 1. The highest BCUT2D eigenvalue weighted by atomic mass is 16.3. The van der Waals surface area contributed by atoms with Crippen molar-refractivity contribution < 1.29 is 9.90 Å². The standard InChI is InChI=1S/C15H19N3O2/c16-9-11-1-3-13(4-2-11)14(15(17)20)18-7-5-12(10-19)6-8-18/h1-4,12,14,19H,5-8,10H2,(H2,17,20). The first-order valence-corrected chi connectivity index (χ1v) is 6.80. The summed E-state index contributed by atoms with van der Waals surface area (Å²) in [6.45, 7) is 1.70. The first-order chi connectivity index (χ1) is 9.65. The van der Waals surface area contributed by atoms with Gasteiger partial charge in [-0.3, -0.25) is 9.69 Å². The molecule has 1 aliphatic rings. The summed E-state index contributed by atoms with van der Waals surface area (Å²) in [7, 11) is 0. The van der Waals surface area contributed by atoms with Crippen molar-refractivity contribution in [1.82, 2.24) is 4.90 Å². The third kappa shape index (κ3) is 3.16. The lowest BCUT2D eigenvalue weighted by atomic mass is 9.94. The molecule has 1 aromatic rings. The van der Waals surface area contributed by atoms with Gasteiger partial charge in [0, 0.05) is 6.61 Å². The van der Waals surface area contributed by atoms with Crippen molar-refractivity contribution in [2.45, 2.75) is 18.9 Å². The molecule has 1 fully saturated rings. The number of hydrogen-bond donors (Lipinski definition) is 2. The molecule has 20 heavy (non-hydrogen) atoms. The monoisotopic (exact) mass is 273 g/mol. The van der Waals surface area contributed by atoms with Crippen molar-refractivity contribution in [3.05, 3.63) is 35.4 Å². The van der Waals surface area contributed by atoms with E-state index in [2.05, 4.69) is 11.0 Å². The molecule has 1 atom stereocenters. The predicted octanol–water partition coefficient (Wildman–Crippen LogP) is 0.789. The van der Waals surface area contributed by atoms with Gasteiger partial charge in [0.2, 0.25) is 5.91 Å². The van der Waals surface area contributed by atoms with Crippen molar-refractivity contribution in [3.8, 4) is 6.07 Å². The maximum absolute atomic E-state index is 11.8. The van der Waals surface area contributed by atoms with E-state index in [1.54, 1.807) is 24.3 Å². The second kappa shape index (κ2) is 6.51. The lowest BCUT2D eigenvalue weighted by molar-refractivity contribution is -0.124. The second-order valence-corrected chi connectivity index (χ2v) is 5.20. The number of carbonyl (C=O) groups is 1. The topological polar surface area (TPSA) is 90.3 Å². The summed E-state index contributed by atoms with van der Waals surface area (Å²) in [5.41, 5.74) is 6.93. The maximum atomic E-state index is 11.8. The SMILES string of the molecule is N#Cc1ccc(C(C(N)=O)N2CCC(CO)CC2)cc1. The molecule has 0 aromatic heterocycles. The molecule has 1 heterocycles. The van der Waals surface area contributed by atoms with Crippen LogP contribution in [-0.4, -0.2) is 35.6 Å². The predicted molar refractivity (Wildman–Crippen MR) is 74.5 cm³/mol. The minimum atomic E-state index is -0.456. The Balaban J connectivity index is 2.15. The number of amides is 1. The van der Waals surface area contributed by atoms with Gasteiger partial charge in [-0.1, -0.05) is 12.1 Å². The molecular formula is C15H19N3O2. The summed E-state index contributed by atoms with van der Waals surface area (Å²) < 4.78 is 0. The lowest BCUT2D eigenvalue weighted by Crippen LogP contribution is -2.43. The van der Waals surface area contributed by atoms with E-state index in [-0.39, 0.29) is 12.5 Å². The van der Waals surface area contributed by atoms with Gasteiger partial charge < -0.3 is 10.8 Å². The van der Waals surface area contributed by atoms with Gasteiger partial charge in [0.05, 0.1) is 11.6 Å². The highest BCUT2D eigenvalue weighted by Gasteiger charge is 2.29. The van der Waals surface area contributed by atoms with Crippen LogP contribution in [0, 0.1) is 17.2 Å². The molecule has 1 aliphatic heterocycles. The molecule has 1 saturated heterocycles. The van der Waals surface area contributed by atoms with Gasteiger partial charge in [0.1, 0.15) is 6.04 Å². The number of nitriles is 1. The Morgan fingerprint density at radius 3 is 2.45 bits per heavy atom. The van der Waals surface area contributed by atoms with E-state index < -0.39 is 6.04 Å². The van der Waals surface area contributed by atoms with Crippen LogP contribution in [0.25, 0.3) is 0 Å².